The van der Waals surface area contributed by atoms with Crippen LogP contribution < -0.4 is 19.9 Å². The van der Waals surface area contributed by atoms with Crippen molar-refractivity contribution < 1.29 is 28.6 Å². The number of esters is 1. The van der Waals surface area contributed by atoms with E-state index in [4.69, 9.17) is 14.2 Å². The number of rotatable bonds is 9. The number of carbonyl (C=O) groups excluding carboxylic acids is 3. The number of ether oxygens (including phenoxy) is 3. The van der Waals surface area contributed by atoms with E-state index in [1.165, 1.54) is 18.2 Å². The molecule has 1 aliphatic heterocycles. The van der Waals surface area contributed by atoms with E-state index in [2.05, 4.69) is 12.0 Å². The quantitative estimate of drug-likeness (QED) is 0.273. The monoisotopic (exact) mass is 450 g/mol. The molecule has 0 spiro atoms. The summed E-state index contributed by atoms with van der Waals surface area (Å²) in [5.41, 5.74) is 4.38. The molecule has 1 N–H and O–H groups in total. The minimum Gasteiger partial charge on any atom is -0.490 e. The number of methoxy groups -OCH3 is 1. The molecule has 0 aliphatic carbocycles. The van der Waals surface area contributed by atoms with Crippen LogP contribution in [0.4, 0.5) is 5.69 Å². The molecule has 0 aromatic heterocycles. The second kappa shape index (κ2) is 10.5. The van der Waals surface area contributed by atoms with Crippen molar-refractivity contribution in [3.63, 3.8) is 0 Å². The Labute approximate surface area is 192 Å². The van der Waals surface area contributed by atoms with Crippen molar-refractivity contribution in [1.82, 2.24) is 5.43 Å². The molecule has 2 aromatic rings. The molecule has 1 saturated heterocycles. The van der Waals surface area contributed by atoms with Crippen molar-refractivity contribution >= 4 is 29.5 Å². The minimum atomic E-state index is -0.858. The van der Waals surface area contributed by atoms with Crippen molar-refractivity contribution in [2.75, 3.05) is 18.7 Å². The van der Waals surface area contributed by atoms with Gasteiger partial charge in [0.15, 0.2) is 17.6 Å². The molecule has 2 aromatic carbocycles. The van der Waals surface area contributed by atoms with Crippen LogP contribution in [0.3, 0.4) is 0 Å². The number of para-hydroxylation sites is 1. The fourth-order valence-electron chi connectivity index (χ4n) is 3.34. The van der Waals surface area contributed by atoms with Gasteiger partial charge in [-0.1, -0.05) is 24.3 Å². The first-order valence-electron chi connectivity index (χ1n) is 10.5. The van der Waals surface area contributed by atoms with Gasteiger partial charge in [-0.3, -0.25) is 15.0 Å². The van der Waals surface area contributed by atoms with Gasteiger partial charge in [-0.05, 0) is 56.2 Å². The number of hydrogen-bond donors (Lipinski definition) is 1. The van der Waals surface area contributed by atoms with Crippen LogP contribution in [-0.4, -0.2) is 37.6 Å². The summed E-state index contributed by atoms with van der Waals surface area (Å²) < 4.78 is 16.4. The van der Waals surface area contributed by atoms with Crippen LogP contribution in [0.2, 0.25) is 0 Å². The Morgan fingerprint density at radius 2 is 1.94 bits per heavy atom. The number of nitrogens with one attached hydrogen (secondary N) is 1. The van der Waals surface area contributed by atoms with E-state index in [0.717, 1.165) is 0 Å². The number of allylic oxidation sites excluding steroid dienone is 1. The predicted molar refractivity (Wildman–Crippen MR) is 124 cm³/mol. The van der Waals surface area contributed by atoms with E-state index in [0.29, 0.717) is 41.3 Å². The third-order valence-corrected chi connectivity index (χ3v) is 4.86. The fraction of sp³-hybridized carbons (Fsp3) is 0.240. The average Bonchev–Trinajstić information content (AvgIpc) is 3.09. The molecular weight excluding hydrogens is 424 g/mol. The van der Waals surface area contributed by atoms with Gasteiger partial charge in [0.2, 0.25) is 0 Å². The summed E-state index contributed by atoms with van der Waals surface area (Å²) in [4.78, 5) is 37.3. The fourth-order valence-corrected chi connectivity index (χ4v) is 3.34. The van der Waals surface area contributed by atoms with Crippen LogP contribution in [0.1, 0.15) is 25.0 Å². The Morgan fingerprint density at radius 1 is 1.21 bits per heavy atom. The lowest BCUT2D eigenvalue weighted by atomic mass is 10.0. The highest BCUT2D eigenvalue weighted by Crippen LogP contribution is 2.36. The van der Waals surface area contributed by atoms with Crippen LogP contribution in [0, 0.1) is 0 Å². The topological polar surface area (TPSA) is 94.2 Å². The number of nitrogens with zero attached hydrogens (tertiary/aromatic N) is 1. The first-order chi connectivity index (χ1) is 15.9. The van der Waals surface area contributed by atoms with Gasteiger partial charge in [-0.2, -0.15) is 0 Å². The number of carbonyl (C=O) groups is 3. The summed E-state index contributed by atoms with van der Waals surface area (Å²) >= 11 is 0. The molecule has 3 rings (SSSR count). The van der Waals surface area contributed by atoms with Crippen LogP contribution in [-0.2, 0) is 25.5 Å². The van der Waals surface area contributed by atoms with Crippen molar-refractivity contribution in [2.45, 2.75) is 26.4 Å². The highest BCUT2D eigenvalue weighted by atomic mass is 16.6. The Balaban J connectivity index is 2.01. The van der Waals surface area contributed by atoms with Crippen LogP contribution >= 0.6 is 0 Å². The summed E-state index contributed by atoms with van der Waals surface area (Å²) in [6, 6.07) is 12.3. The molecule has 1 atom stereocenters. The van der Waals surface area contributed by atoms with Crippen molar-refractivity contribution in [3.05, 3.63) is 71.8 Å². The lowest BCUT2D eigenvalue weighted by Crippen LogP contribution is -2.35. The largest absolute Gasteiger partial charge is 0.490 e. The van der Waals surface area contributed by atoms with Gasteiger partial charge in [-0.15, -0.1) is 6.58 Å². The van der Waals surface area contributed by atoms with Gasteiger partial charge in [0, 0.05) is 5.56 Å². The molecule has 2 amide bonds. The third kappa shape index (κ3) is 5.23. The van der Waals surface area contributed by atoms with E-state index in [1.807, 2.05) is 13.0 Å². The Bertz CT molecular complexity index is 1090. The van der Waals surface area contributed by atoms with E-state index in [1.54, 1.807) is 49.4 Å². The highest BCUT2D eigenvalue weighted by molar-refractivity contribution is 6.31. The lowest BCUT2D eigenvalue weighted by molar-refractivity contribution is -0.148. The second-order valence-electron chi connectivity index (χ2n) is 7.19. The summed E-state index contributed by atoms with van der Waals surface area (Å²) in [5, 5.41) is 1.21. The number of amides is 2. The molecule has 0 radical (unpaired) electrons. The van der Waals surface area contributed by atoms with Gasteiger partial charge in [0.1, 0.15) is 5.57 Å². The van der Waals surface area contributed by atoms with Gasteiger partial charge in [-0.25, -0.2) is 9.80 Å². The van der Waals surface area contributed by atoms with Gasteiger partial charge in [0.25, 0.3) is 11.8 Å². The Kier molecular flexibility index (Phi) is 7.50. The molecule has 0 bridgehead atoms. The molecule has 8 heteroatoms. The highest BCUT2D eigenvalue weighted by Gasteiger charge is 2.34. The number of benzene rings is 2. The summed E-state index contributed by atoms with van der Waals surface area (Å²) in [5.74, 6) is -0.738. The molecule has 0 unspecified atom stereocenters. The summed E-state index contributed by atoms with van der Waals surface area (Å²) in [6.45, 7) is 7.52. The van der Waals surface area contributed by atoms with E-state index in [-0.39, 0.29) is 5.57 Å². The summed E-state index contributed by atoms with van der Waals surface area (Å²) in [7, 11) is 1.29. The van der Waals surface area contributed by atoms with Crippen LogP contribution in [0.15, 0.2) is 60.7 Å². The SMILES string of the molecule is C=CCc1cc(/C=C2/C(=O)NN(c3ccccc3)C2=O)cc(OCC)c1O[C@@H](C)C(=O)OC. The Hall–Kier alpha value is -4.07. The molecule has 1 aliphatic rings. The van der Waals surface area contributed by atoms with Gasteiger partial charge < -0.3 is 14.2 Å². The maximum absolute atomic E-state index is 12.9. The lowest BCUT2D eigenvalue weighted by Gasteiger charge is -2.19. The first-order valence-corrected chi connectivity index (χ1v) is 10.5. The predicted octanol–water partition coefficient (Wildman–Crippen LogP) is 3.22. The van der Waals surface area contributed by atoms with Gasteiger partial charge >= 0.3 is 5.97 Å². The van der Waals surface area contributed by atoms with E-state index >= 15 is 0 Å². The first kappa shape index (κ1) is 23.6. The zero-order chi connectivity index (χ0) is 24.0. The van der Waals surface area contributed by atoms with Crippen molar-refractivity contribution in [2.24, 2.45) is 0 Å². The van der Waals surface area contributed by atoms with Gasteiger partial charge in [0.05, 0.1) is 19.4 Å². The number of anilines is 1. The summed E-state index contributed by atoms with van der Waals surface area (Å²) in [6.07, 6.45) is 2.74. The van der Waals surface area contributed by atoms with E-state index < -0.39 is 23.9 Å². The van der Waals surface area contributed by atoms with Crippen LogP contribution in [0.5, 0.6) is 11.5 Å². The zero-order valence-corrected chi connectivity index (χ0v) is 18.8. The van der Waals surface area contributed by atoms with Crippen molar-refractivity contribution in [1.29, 1.82) is 0 Å². The average molecular weight is 450 g/mol. The molecule has 8 nitrogen and oxygen atoms in total. The standard InChI is InChI=1S/C25H26N2O6/c1-5-10-18-13-17(15-21(32-6-2)22(18)33-16(3)25(30)31-4)14-20-23(28)26-27(24(20)29)19-11-8-7-9-12-19/h5,7-9,11-16H,1,6,10H2,2-4H3,(H,26,28)/b20-14-/t16-/m0/s1. The number of hydrazine groups is 1. The molecule has 33 heavy (non-hydrogen) atoms. The maximum Gasteiger partial charge on any atom is 0.346 e. The van der Waals surface area contributed by atoms with Crippen molar-refractivity contribution in [3.8, 4) is 11.5 Å². The minimum absolute atomic E-state index is 0.0116. The molecule has 1 fully saturated rings. The maximum atomic E-state index is 12.9. The zero-order valence-electron chi connectivity index (χ0n) is 18.8. The van der Waals surface area contributed by atoms with Crippen LogP contribution in [0.25, 0.3) is 6.08 Å². The normalized spacial score (nSPS) is 15.2. The molecular formula is C25H26N2O6. The smallest absolute Gasteiger partial charge is 0.346 e. The second-order valence-corrected chi connectivity index (χ2v) is 7.19. The molecule has 1 heterocycles. The third-order valence-electron chi connectivity index (χ3n) is 4.86. The molecule has 172 valence electrons. The molecule has 0 saturated carbocycles. The Morgan fingerprint density at radius 3 is 2.58 bits per heavy atom. The number of hydrogen-bond acceptors (Lipinski definition) is 6. The van der Waals surface area contributed by atoms with E-state index in [9.17, 15) is 14.4 Å².